The number of alkyl halides is 1. The fourth-order valence-corrected chi connectivity index (χ4v) is 3.86. The zero-order valence-electron chi connectivity index (χ0n) is 17.9. The molecule has 0 radical (unpaired) electrons. The fourth-order valence-electron chi connectivity index (χ4n) is 3.86. The third-order valence-electron chi connectivity index (χ3n) is 5.94. The smallest absolute Gasteiger partial charge is 0.268 e. The van der Waals surface area contributed by atoms with Gasteiger partial charge in [-0.05, 0) is 56.0 Å². The Hall–Kier alpha value is -3.48. The molecule has 6 nitrogen and oxygen atoms in total. The van der Waals surface area contributed by atoms with Gasteiger partial charge in [0, 0.05) is 30.4 Å². The largest absolute Gasteiger partial charge is 0.404 e. The molecule has 0 spiro atoms. The lowest BCUT2D eigenvalue weighted by molar-refractivity contribution is 0.0923. The number of aromatic nitrogens is 2. The van der Waals surface area contributed by atoms with Crippen molar-refractivity contribution in [3.8, 4) is 0 Å². The minimum absolute atomic E-state index is 0.203. The van der Waals surface area contributed by atoms with Crippen LogP contribution in [0.5, 0.6) is 0 Å². The topological polar surface area (TPSA) is 96.8 Å². The SMILES string of the molecule is Cn1c(C(=O)NC2(c3cccc(C(C)(C)F)c3)CC2)cc2ccc(/C(C=N)=C/N)nc21. The third kappa shape index (κ3) is 3.71. The van der Waals surface area contributed by atoms with Gasteiger partial charge < -0.3 is 21.0 Å². The van der Waals surface area contributed by atoms with Gasteiger partial charge in [-0.25, -0.2) is 9.37 Å². The summed E-state index contributed by atoms with van der Waals surface area (Å²) >= 11 is 0. The van der Waals surface area contributed by atoms with E-state index in [-0.39, 0.29) is 5.91 Å². The summed E-state index contributed by atoms with van der Waals surface area (Å²) in [6, 6.07) is 12.8. The van der Waals surface area contributed by atoms with Crippen LogP contribution in [0.1, 0.15) is 54.0 Å². The zero-order valence-corrected chi connectivity index (χ0v) is 17.9. The summed E-state index contributed by atoms with van der Waals surface area (Å²) in [5, 5.41) is 11.5. The van der Waals surface area contributed by atoms with Crippen molar-refractivity contribution < 1.29 is 9.18 Å². The Kier molecular flexibility index (Phi) is 4.92. The molecule has 1 aliphatic carbocycles. The van der Waals surface area contributed by atoms with Crippen molar-refractivity contribution in [1.82, 2.24) is 14.9 Å². The van der Waals surface area contributed by atoms with Gasteiger partial charge in [-0.2, -0.15) is 0 Å². The number of fused-ring (bicyclic) bond motifs is 1. The summed E-state index contributed by atoms with van der Waals surface area (Å²) in [6.45, 7) is 3.07. The predicted octanol–water partition coefficient (Wildman–Crippen LogP) is 4.15. The number of aryl methyl sites for hydroxylation is 1. The highest BCUT2D eigenvalue weighted by molar-refractivity contribution is 6.08. The highest BCUT2D eigenvalue weighted by Crippen LogP contribution is 2.46. The van der Waals surface area contributed by atoms with Crippen molar-refractivity contribution >= 4 is 28.7 Å². The number of allylic oxidation sites excluding steroid dienone is 1. The maximum absolute atomic E-state index is 14.4. The average molecular weight is 420 g/mol. The Bertz CT molecular complexity index is 1210. The number of nitrogens with zero attached hydrogens (tertiary/aromatic N) is 2. The molecule has 1 saturated carbocycles. The van der Waals surface area contributed by atoms with Crippen LogP contribution in [-0.2, 0) is 18.3 Å². The van der Waals surface area contributed by atoms with Crippen LogP contribution in [0.15, 0.2) is 48.7 Å². The normalized spacial score (nSPS) is 15.7. The summed E-state index contributed by atoms with van der Waals surface area (Å²) < 4.78 is 16.2. The van der Waals surface area contributed by atoms with Crippen molar-refractivity contribution in [2.45, 2.75) is 37.9 Å². The lowest BCUT2D eigenvalue weighted by Gasteiger charge is -2.21. The molecule has 0 bridgehead atoms. The zero-order chi connectivity index (χ0) is 22.4. The van der Waals surface area contributed by atoms with Crippen molar-refractivity contribution in [3.05, 3.63) is 71.2 Å². The van der Waals surface area contributed by atoms with Crippen LogP contribution in [-0.4, -0.2) is 21.7 Å². The van der Waals surface area contributed by atoms with Gasteiger partial charge in [0.1, 0.15) is 17.0 Å². The van der Waals surface area contributed by atoms with Gasteiger partial charge >= 0.3 is 0 Å². The first kappa shape index (κ1) is 20.8. The quantitative estimate of drug-likeness (QED) is 0.524. The second-order valence-corrected chi connectivity index (χ2v) is 8.55. The third-order valence-corrected chi connectivity index (χ3v) is 5.94. The van der Waals surface area contributed by atoms with E-state index < -0.39 is 11.2 Å². The van der Waals surface area contributed by atoms with Gasteiger partial charge in [-0.1, -0.05) is 24.3 Å². The van der Waals surface area contributed by atoms with Crippen LogP contribution in [0, 0.1) is 5.41 Å². The van der Waals surface area contributed by atoms with Crippen LogP contribution >= 0.6 is 0 Å². The molecule has 0 unspecified atom stereocenters. The molecule has 0 aliphatic heterocycles. The van der Waals surface area contributed by atoms with Crippen LogP contribution < -0.4 is 11.1 Å². The molecule has 4 N–H and O–H groups in total. The number of rotatable bonds is 6. The van der Waals surface area contributed by atoms with E-state index in [9.17, 15) is 9.18 Å². The Balaban J connectivity index is 1.65. The molecule has 1 fully saturated rings. The fraction of sp³-hybridized carbons (Fsp3) is 0.292. The van der Waals surface area contributed by atoms with Crippen molar-refractivity contribution in [2.24, 2.45) is 12.8 Å². The molecule has 2 heterocycles. The summed E-state index contributed by atoms with van der Waals surface area (Å²) in [6.07, 6.45) is 4.10. The van der Waals surface area contributed by atoms with Crippen LogP contribution in [0.2, 0.25) is 0 Å². The summed E-state index contributed by atoms with van der Waals surface area (Å²) in [4.78, 5) is 17.7. The van der Waals surface area contributed by atoms with E-state index in [0.29, 0.717) is 28.2 Å². The minimum Gasteiger partial charge on any atom is -0.404 e. The first-order valence-corrected chi connectivity index (χ1v) is 10.2. The molecule has 4 rings (SSSR count). The lowest BCUT2D eigenvalue weighted by atomic mass is 9.94. The predicted molar refractivity (Wildman–Crippen MR) is 121 cm³/mol. The molecule has 7 heteroatoms. The van der Waals surface area contributed by atoms with Gasteiger partial charge in [0.15, 0.2) is 0 Å². The Morgan fingerprint density at radius 1 is 1.29 bits per heavy atom. The first-order chi connectivity index (χ1) is 14.7. The highest BCUT2D eigenvalue weighted by atomic mass is 19.1. The molecule has 160 valence electrons. The number of carbonyl (C=O) groups is 1. The summed E-state index contributed by atoms with van der Waals surface area (Å²) in [5.41, 5.74) is 7.38. The highest BCUT2D eigenvalue weighted by Gasteiger charge is 2.46. The number of nitrogens with two attached hydrogens (primary N) is 1. The number of hydrogen-bond acceptors (Lipinski definition) is 4. The Morgan fingerprint density at radius 2 is 2.03 bits per heavy atom. The number of amides is 1. The molecule has 3 aromatic rings. The second kappa shape index (κ2) is 7.34. The van der Waals surface area contributed by atoms with Crippen LogP contribution in [0.3, 0.4) is 0 Å². The molecular formula is C24H26FN5O. The second-order valence-electron chi connectivity index (χ2n) is 8.55. The number of benzene rings is 1. The van der Waals surface area contributed by atoms with E-state index in [0.717, 1.165) is 30.0 Å². The van der Waals surface area contributed by atoms with Crippen LogP contribution in [0.4, 0.5) is 4.39 Å². The summed E-state index contributed by atoms with van der Waals surface area (Å²) in [7, 11) is 1.79. The number of hydrogen-bond donors (Lipinski definition) is 3. The Labute approximate surface area is 180 Å². The average Bonchev–Trinajstić information content (AvgIpc) is 3.45. The maximum atomic E-state index is 14.4. The van der Waals surface area contributed by atoms with E-state index in [1.807, 2.05) is 24.3 Å². The van der Waals surface area contributed by atoms with E-state index in [2.05, 4.69) is 10.3 Å². The molecule has 1 aliphatic rings. The van der Waals surface area contributed by atoms with Gasteiger partial charge in [0.05, 0.1) is 11.2 Å². The Morgan fingerprint density at radius 3 is 2.65 bits per heavy atom. The molecular weight excluding hydrogens is 393 g/mol. The van der Waals surface area contributed by atoms with Gasteiger partial charge in [0.25, 0.3) is 5.91 Å². The standard InChI is InChI=1S/C24H26FN5O/c1-23(2,25)17-5-4-6-18(12-17)24(9-10-24)29-22(31)20-11-15-7-8-19(16(13-26)14-27)28-21(15)30(20)3/h4-8,11-14,26H,9-10,27H2,1-3H3,(H,29,31)/b16-14+,26-13?. The van der Waals surface area contributed by atoms with Crippen molar-refractivity contribution in [1.29, 1.82) is 5.41 Å². The first-order valence-electron chi connectivity index (χ1n) is 10.2. The van der Waals surface area contributed by atoms with Gasteiger partial charge in [-0.3, -0.25) is 4.79 Å². The van der Waals surface area contributed by atoms with E-state index >= 15 is 0 Å². The minimum atomic E-state index is -1.44. The molecule has 2 aromatic heterocycles. The van der Waals surface area contributed by atoms with E-state index in [4.69, 9.17) is 11.1 Å². The van der Waals surface area contributed by atoms with Crippen molar-refractivity contribution in [3.63, 3.8) is 0 Å². The molecule has 1 amide bonds. The number of carbonyl (C=O) groups excluding carboxylic acids is 1. The molecule has 1 aromatic carbocycles. The molecule has 0 saturated heterocycles. The summed E-state index contributed by atoms with van der Waals surface area (Å²) in [5.74, 6) is -0.203. The maximum Gasteiger partial charge on any atom is 0.268 e. The van der Waals surface area contributed by atoms with Crippen molar-refractivity contribution in [2.75, 3.05) is 0 Å². The van der Waals surface area contributed by atoms with Gasteiger partial charge in [0.2, 0.25) is 0 Å². The molecule has 0 atom stereocenters. The lowest BCUT2D eigenvalue weighted by Crippen LogP contribution is -2.36. The monoisotopic (exact) mass is 419 g/mol. The van der Waals surface area contributed by atoms with E-state index in [1.54, 1.807) is 29.8 Å². The number of halogens is 1. The van der Waals surface area contributed by atoms with Gasteiger partial charge in [-0.15, -0.1) is 0 Å². The molecule has 31 heavy (non-hydrogen) atoms. The van der Waals surface area contributed by atoms with Crippen LogP contribution in [0.25, 0.3) is 16.6 Å². The van der Waals surface area contributed by atoms with E-state index in [1.165, 1.54) is 20.0 Å². The number of nitrogens with one attached hydrogen (secondary N) is 2. The number of pyridine rings is 1.